The zero-order valence-electron chi connectivity index (χ0n) is 16.9. The number of amides is 2. The van der Waals surface area contributed by atoms with Gasteiger partial charge in [0.25, 0.3) is 5.91 Å². The van der Waals surface area contributed by atoms with Crippen LogP contribution in [0.15, 0.2) is 36.7 Å². The molecule has 28 heavy (non-hydrogen) atoms. The lowest BCUT2D eigenvalue weighted by molar-refractivity contribution is -0.130. The Bertz CT molecular complexity index is 850. The summed E-state index contributed by atoms with van der Waals surface area (Å²) in [7, 11) is 0. The number of nitrogens with one attached hydrogen (secondary N) is 1. The van der Waals surface area contributed by atoms with Gasteiger partial charge in [-0.3, -0.25) is 9.59 Å². The molecule has 2 aromatic rings. The van der Waals surface area contributed by atoms with E-state index in [9.17, 15) is 9.59 Å². The van der Waals surface area contributed by atoms with Gasteiger partial charge in [-0.15, -0.1) is 0 Å². The lowest BCUT2D eigenvalue weighted by Gasteiger charge is -2.34. The van der Waals surface area contributed by atoms with E-state index in [0.29, 0.717) is 37.7 Å². The summed E-state index contributed by atoms with van der Waals surface area (Å²) in [6.07, 6.45) is 3.10. The van der Waals surface area contributed by atoms with Crippen LogP contribution in [0, 0.1) is 0 Å². The Balaban J connectivity index is 1.68. The first-order valence-electron chi connectivity index (χ1n) is 9.49. The van der Waals surface area contributed by atoms with E-state index in [4.69, 9.17) is 0 Å². The summed E-state index contributed by atoms with van der Waals surface area (Å²) in [6.45, 7) is 10.2. The molecule has 1 saturated heterocycles. The van der Waals surface area contributed by atoms with Crippen molar-refractivity contribution < 1.29 is 9.59 Å². The van der Waals surface area contributed by atoms with Crippen LogP contribution in [0.25, 0.3) is 0 Å². The van der Waals surface area contributed by atoms with Crippen LogP contribution in [-0.2, 0) is 10.2 Å². The summed E-state index contributed by atoms with van der Waals surface area (Å²) in [4.78, 5) is 36.2. The number of carbonyl (C=O) groups excluding carboxylic acids is 2. The number of anilines is 2. The van der Waals surface area contributed by atoms with Crippen LogP contribution in [0.2, 0.25) is 0 Å². The summed E-state index contributed by atoms with van der Waals surface area (Å²) < 4.78 is 0. The molecule has 148 valence electrons. The molecule has 1 N–H and O–H groups in total. The second-order valence-electron chi connectivity index (χ2n) is 8.01. The highest BCUT2D eigenvalue weighted by Gasteiger charge is 2.24. The Hall–Kier alpha value is -2.96. The third-order valence-corrected chi connectivity index (χ3v) is 4.89. The van der Waals surface area contributed by atoms with Gasteiger partial charge in [0.1, 0.15) is 0 Å². The molecule has 1 aliphatic rings. The van der Waals surface area contributed by atoms with Crippen molar-refractivity contribution in [2.75, 3.05) is 31.5 Å². The van der Waals surface area contributed by atoms with Gasteiger partial charge in [-0.05, 0) is 17.0 Å². The zero-order chi connectivity index (χ0) is 20.3. The average molecular weight is 381 g/mol. The van der Waals surface area contributed by atoms with Gasteiger partial charge in [0.15, 0.2) is 0 Å². The van der Waals surface area contributed by atoms with Crippen LogP contribution >= 0.6 is 0 Å². The number of aromatic nitrogens is 2. The summed E-state index contributed by atoms with van der Waals surface area (Å²) in [5.74, 6) is 0.390. The highest BCUT2D eigenvalue weighted by Crippen LogP contribution is 2.30. The quantitative estimate of drug-likeness (QED) is 0.884. The first-order valence-corrected chi connectivity index (χ1v) is 9.49. The lowest BCUT2D eigenvalue weighted by Crippen LogP contribution is -2.50. The fourth-order valence-electron chi connectivity index (χ4n) is 3.28. The van der Waals surface area contributed by atoms with Gasteiger partial charge in [0.05, 0.1) is 5.56 Å². The molecule has 1 aromatic heterocycles. The summed E-state index contributed by atoms with van der Waals surface area (Å²) in [6, 6.07) is 8.06. The standard InChI is InChI=1S/C21H27N5O2/c1-15(27)25-9-11-26(12-10-25)19(28)16-13-22-20(23-14-16)24-18-8-6-5-7-17(18)21(2,3)4/h5-8,13-14H,9-12H2,1-4H3,(H,22,23,24). The molecule has 7 heteroatoms. The van der Waals surface area contributed by atoms with Crippen LogP contribution in [0.1, 0.15) is 43.6 Å². The molecule has 1 fully saturated rings. The van der Waals surface area contributed by atoms with E-state index in [-0.39, 0.29) is 17.2 Å². The van der Waals surface area contributed by atoms with E-state index in [0.717, 1.165) is 5.69 Å². The number of benzene rings is 1. The fraction of sp³-hybridized carbons (Fsp3) is 0.429. The predicted octanol–water partition coefficient (Wildman–Crippen LogP) is 2.82. The summed E-state index contributed by atoms with van der Waals surface area (Å²) >= 11 is 0. The number of hydrogen-bond donors (Lipinski definition) is 1. The van der Waals surface area contributed by atoms with E-state index >= 15 is 0 Å². The number of nitrogens with zero attached hydrogens (tertiary/aromatic N) is 4. The van der Waals surface area contributed by atoms with Crippen LogP contribution in [-0.4, -0.2) is 57.8 Å². The Morgan fingerprint density at radius 1 is 0.964 bits per heavy atom. The average Bonchev–Trinajstić information content (AvgIpc) is 2.68. The molecule has 0 bridgehead atoms. The second-order valence-corrected chi connectivity index (χ2v) is 8.01. The van der Waals surface area contributed by atoms with E-state index in [1.165, 1.54) is 5.56 Å². The maximum absolute atomic E-state index is 12.7. The number of piperazine rings is 1. The van der Waals surface area contributed by atoms with Gasteiger partial charge >= 0.3 is 0 Å². The minimum atomic E-state index is -0.107. The SMILES string of the molecule is CC(=O)N1CCN(C(=O)c2cnc(Nc3ccccc3C(C)(C)C)nc2)CC1. The van der Waals surface area contributed by atoms with E-state index in [1.54, 1.807) is 29.1 Å². The Morgan fingerprint density at radius 3 is 2.11 bits per heavy atom. The van der Waals surface area contributed by atoms with Gasteiger partial charge < -0.3 is 15.1 Å². The van der Waals surface area contributed by atoms with Crippen LogP contribution in [0.4, 0.5) is 11.6 Å². The van der Waals surface area contributed by atoms with Crippen molar-refractivity contribution in [2.45, 2.75) is 33.1 Å². The molecule has 3 rings (SSSR count). The molecular formula is C21H27N5O2. The van der Waals surface area contributed by atoms with Crippen LogP contribution in [0.3, 0.4) is 0 Å². The second kappa shape index (κ2) is 7.96. The third kappa shape index (κ3) is 4.47. The molecule has 0 aliphatic carbocycles. The monoisotopic (exact) mass is 381 g/mol. The van der Waals surface area contributed by atoms with Crippen molar-refractivity contribution in [2.24, 2.45) is 0 Å². The molecule has 0 radical (unpaired) electrons. The van der Waals surface area contributed by atoms with Gasteiger partial charge in [-0.1, -0.05) is 39.0 Å². The van der Waals surface area contributed by atoms with Crippen molar-refractivity contribution in [3.05, 3.63) is 47.8 Å². The molecule has 2 heterocycles. The first kappa shape index (κ1) is 19.8. The molecular weight excluding hydrogens is 354 g/mol. The summed E-state index contributed by atoms with van der Waals surface area (Å²) in [5, 5.41) is 3.25. The molecule has 0 saturated carbocycles. The van der Waals surface area contributed by atoms with E-state index in [1.807, 2.05) is 18.2 Å². The van der Waals surface area contributed by atoms with Gasteiger partial charge in [0.2, 0.25) is 11.9 Å². The lowest BCUT2D eigenvalue weighted by atomic mass is 9.86. The topological polar surface area (TPSA) is 78.4 Å². The van der Waals surface area contributed by atoms with Crippen molar-refractivity contribution in [3.8, 4) is 0 Å². The molecule has 0 spiro atoms. The molecule has 1 aliphatic heterocycles. The molecule has 2 amide bonds. The highest BCUT2D eigenvalue weighted by molar-refractivity contribution is 5.94. The molecule has 0 unspecified atom stereocenters. The van der Waals surface area contributed by atoms with Gasteiger partial charge in [-0.25, -0.2) is 9.97 Å². The minimum Gasteiger partial charge on any atom is -0.339 e. The van der Waals surface area contributed by atoms with Crippen LogP contribution < -0.4 is 5.32 Å². The molecule has 0 atom stereocenters. The smallest absolute Gasteiger partial charge is 0.257 e. The molecule has 7 nitrogen and oxygen atoms in total. The first-order chi connectivity index (χ1) is 13.3. The Labute approximate surface area is 165 Å². The largest absolute Gasteiger partial charge is 0.339 e. The number of hydrogen-bond acceptors (Lipinski definition) is 5. The predicted molar refractivity (Wildman–Crippen MR) is 109 cm³/mol. The van der Waals surface area contributed by atoms with E-state index < -0.39 is 0 Å². The van der Waals surface area contributed by atoms with Crippen LogP contribution in [0.5, 0.6) is 0 Å². The Morgan fingerprint density at radius 2 is 1.54 bits per heavy atom. The van der Waals surface area contributed by atoms with Crippen molar-refractivity contribution in [1.82, 2.24) is 19.8 Å². The normalized spacial score (nSPS) is 14.7. The van der Waals surface area contributed by atoms with Crippen molar-refractivity contribution in [1.29, 1.82) is 0 Å². The highest BCUT2D eigenvalue weighted by atomic mass is 16.2. The van der Waals surface area contributed by atoms with Crippen molar-refractivity contribution in [3.63, 3.8) is 0 Å². The van der Waals surface area contributed by atoms with Crippen molar-refractivity contribution >= 4 is 23.5 Å². The zero-order valence-corrected chi connectivity index (χ0v) is 16.9. The summed E-state index contributed by atoms with van der Waals surface area (Å²) in [5.41, 5.74) is 2.56. The fourth-order valence-corrected chi connectivity index (χ4v) is 3.28. The number of rotatable bonds is 3. The number of carbonyl (C=O) groups is 2. The Kier molecular flexibility index (Phi) is 5.63. The number of para-hydroxylation sites is 1. The third-order valence-electron chi connectivity index (χ3n) is 4.89. The van der Waals surface area contributed by atoms with Gasteiger partial charge in [0, 0.05) is 51.2 Å². The minimum absolute atomic E-state index is 0.0124. The van der Waals surface area contributed by atoms with Gasteiger partial charge in [-0.2, -0.15) is 0 Å². The maximum atomic E-state index is 12.7. The van der Waals surface area contributed by atoms with E-state index in [2.05, 4.69) is 42.1 Å². The molecule has 1 aromatic carbocycles. The maximum Gasteiger partial charge on any atom is 0.257 e.